The number of hydrogen-bond donors (Lipinski definition) is 2. The number of carbonyl (C=O) groups excluding carboxylic acids is 3. The number of ether oxygens (including phenoxy) is 1. The van der Waals surface area contributed by atoms with Gasteiger partial charge in [-0.05, 0) is 44.4 Å². The van der Waals surface area contributed by atoms with Crippen molar-refractivity contribution in [3.05, 3.63) is 23.9 Å². The monoisotopic (exact) mass is 468 g/mol. The molecule has 0 radical (unpaired) electrons. The lowest BCUT2D eigenvalue weighted by Crippen LogP contribution is -2.65. The fraction of sp³-hybridized carbons (Fsp3) is 0.577. The molecule has 1 atom stereocenters. The van der Waals surface area contributed by atoms with Crippen molar-refractivity contribution in [2.75, 3.05) is 19.0 Å². The van der Waals surface area contributed by atoms with E-state index in [2.05, 4.69) is 17.6 Å². The summed E-state index contributed by atoms with van der Waals surface area (Å²) in [6.45, 7) is 6.17. The molecule has 0 spiro atoms. The molecule has 0 unspecified atom stereocenters. The second-order valence-electron chi connectivity index (χ2n) is 9.77. The topological polar surface area (TPSA) is 92.7 Å². The van der Waals surface area contributed by atoms with E-state index in [1.54, 1.807) is 12.0 Å². The van der Waals surface area contributed by atoms with Gasteiger partial charge in [-0.2, -0.15) is 0 Å². The van der Waals surface area contributed by atoms with Gasteiger partial charge >= 0.3 is 0 Å². The summed E-state index contributed by atoms with van der Waals surface area (Å²) < 4.78 is 7.29. The minimum atomic E-state index is -1.03. The first-order chi connectivity index (χ1) is 16.3. The lowest BCUT2D eigenvalue weighted by Gasteiger charge is -2.45. The Morgan fingerprint density at radius 1 is 1.21 bits per heavy atom. The molecule has 1 saturated carbocycles. The fourth-order valence-corrected chi connectivity index (χ4v) is 5.34. The minimum Gasteiger partial charge on any atom is -0.497 e. The maximum absolute atomic E-state index is 14.0. The van der Waals surface area contributed by atoms with E-state index in [9.17, 15) is 14.4 Å². The van der Waals surface area contributed by atoms with Crippen LogP contribution in [0.4, 0.5) is 5.69 Å². The Bertz CT molecular complexity index is 1100. The van der Waals surface area contributed by atoms with Gasteiger partial charge in [-0.3, -0.25) is 14.4 Å². The van der Waals surface area contributed by atoms with Crippen LogP contribution >= 0.6 is 0 Å². The van der Waals surface area contributed by atoms with Gasteiger partial charge in [0.25, 0.3) is 5.91 Å². The van der Waals surface area contributed by atoms with Crippen LogP contribution in [0.2, 0.25) is 0 Å². The number of unbranched alkanes of at least 4 members (excludes halogenated alkanes) is 1. The first-order valence-corrected chi connectivity index (χ1v) is 12.4. The van der Waals surface area contributed by atoms with Crippen LogP contribution in [-0.2, 0) is 16.1 Å². The number of carbonyl (C=O) groups is 3. The van der Waals surface area contributed by atoms with E-state index >= 15 is 0 Å². The third kappa shape index (κ3) is 4.26. The van der Waals surface area contributed by atoms with E-state index in [1.807, 2.05) is 29.7 Å². The van der Waals surface area contributed by atoms with Crippen molar-refractivity contribution in [1.82, 2.24) is 14.8 Å². The van der Waals surface area contributed by atoms with E-state index in [-0.39, 0.29) is 23.8 Å². The van der Waals surface area contributed by atoms with Gasteiger partial charge in [0, 0.05) is 24.9 Å². The molecule has 1 aliphatic carbocycles. The zero-order valence-electron chi connectivity index (χ0n) is 20.7. The maximum Gasteiger partial charge on any atom is 0.273 e. The highest BCUT2D eigenvalue weighted by Crippen LogP contribution is 2.40. The Hall–Kier alpha value is -3.03. The number of rotatable bonds is 7. The van der Waals surface area contributed by atoms with Crippen molar-refractivity contribution in [2.24, 2.45) is 0 Å². The molecule has 34 heavy (non-hydrogen) atoms. The third-order valence-corrected chi connectivity index (χ3v) is 7.25. The van der Waals surface area contributed by atoms with E-state index in [0.717, 1.165) is 49.4 Å². The Labute approximate surface area is 201 Å². The molecule has 8 nitrogen and oxygen atoms in total. The summed E-state index contributed by atoms with van der Waals surface area (Å²) in [4.78, 5) is 41.5. The first-order valence-electron chi connectivity index (χ1n) is 12.4. The summed E-state index contributed by atoms with van der Waals surface area (Å²) in [5.41, 5.74) is 0.649. The molecule has 1 aliphatic heterocycles. The zero-order chi connectivity index (χ0) is 24.5. The fourth-order valence-electron chi connectivity index (χ4n) is 5.34. The Balaban J connectivity index is 1.82. The van der Waals surface area contributed by atoms with Gasteiger partial charge in [0.2, 0.25) is 11.8 Å². The molecule has 184 valence electrons. The van der Waals surface area contributed by atoms with Gasteiger partial charge in [0.15, 0.2) is 0 Å². The molecule has 2 aromatic rings. The predicted molar refractivity (Wildman–Crippen MR) is 132 cm³/mol. The predicted octanol–water partition coefficient (Wildman–Crippen LogP) is 4.07. The smallest absolute Gasteiger partial charge is 0.273 e. The van der Waals surface area contributed by atoms with Crippen molar-refractivity contribution in [2.45, 2.75) is 83.8 Å². The minimum absolute atomic E-state index is 0.106. The normalized spacial score (nSPS) is 20.8. The van der Waals surface area contributed by atoms with Crippen LogP contribution in [0.3, 0.4) is 0 Å². The maximum atomic E-state index is 14.0. The largest absolute Gasteiger partial charge is 0.497 e. The summed E-state index contributed by atoms with van der Waals surface area (Å²) in [5, 5.41) is 6.86. The number of benzene rings is 1. The van der Waals surface area contributed by atoms with E-state index in [4.69, 9.17) is 4.74 Å². The lowest BCUT2D eigenvalue weighted by molar-refractivity contribution is -0.133. The molecule has 1 aromatic carbocycles. The second kappa shape index (κ2) is 9.68. The highest BCUT2D eigenvalue weighted by atomic mass is 16.5. The van der Waals surface area contributed by atoms with Crippen LogP contribution in [0, 0.1) is 0 Å². The van der Waals surface area contributed by atoms with Crippen molar-refractivity contribution in [3.8, 4) is 5.75 Å². The molecular formula is C26H36N4O4. The molecule has 2 heterocycles. The average molecular weight is 469 g/mol. The molecule has 1 fully saturated rings. The van der Waals surface area contributed by atoms with Crippen molar-refractivity contribution in [1.29, 1.82) is 0 Å². The molecule has 3 amide bonds. The van der Waals surface area contributed by atoms with E-state index in [0.29, 0.717) is 30.2 Å². The molecule has 4 rings (SSSR count). The van der Waals surface area contributed by atoms with E-state index < -0.39 is 5.54 Å². The van der Waals surface area contributed by atoms with Crippen molar-refractivity contribution < 1.29 is 19.1 Å². The van der Waals surface area contributed by atoms with Crippen LogP contribution in [0.5, 0.6) is 5.75 Å². The van der Waals surface area contributed by atoms with Gasteiger partial charge in [-0.1, -0.05) is 32.6 Å². The number of anilines is 1. The number of aromatic nitrogens is 1. The summed E-state index contributed by atoms with van der Waals surface area (Å²) in [5.74, 6) is 0.0374. The summed E-state index contributed by atoms with van der Waals surface area (Å²) in [6.07, 6.45) is 7.11. The first kappa shape index (κ1) is 24.1. The molecule has 1 aromatic heterocycles. The van der Waals surface area contributed by atoms with Crippen LogP contribution < -0.4 is 15.4 Å². The highest BCUT2D eigenvalue weighted by Gasteiger charge is 2.49. The Kier molecular flexibility index (Phi) is 6.86. The summed E-state index contributed by atoms with van der Waals surface area (Å²) in [7, 11) is 1.58. The number of amides is 3. The lowest BCUT2D eigenvalue weighted by atomic mass is 9.91. The van der Waals surface area contributed by atoms with Gasteiger partial charge in [0.1, 0.15) is 17.0 Å². The van der Waals surface area contributed by atoms with Gasteiger partial charge < -0.3 is 24.8 Å². The van der Waals surface area contributed by atoms with Crippen LogP contribution in [0.1, 0.15) is 76.2 Å². The number of methoxy groups -OCH3 is 1. The number of fused-ring (bicyclic) bond motifs is 3. The molecule has 2 N–H and O–H groups in total. The third-order valence-electron chi connectivity index (χ3n) is 7.25. The van der Waals surface area contributed by atoms with Gasteiger partial charge in [0.05, 0.1) is 24.9 Å². The van der Waals surface area contributed by atoms with E-state index in [1.165, 1.54) is 13.3 Å². The van der Waals surface area contributed by atoms with Crippen LogP contribution in [0.25, 0.3) is 10.9 Å². The van der Waals surface area contributed by atoms with Crippen LogP contribution in [-0.4, -0.2) is 52.4 Å². The Morgan fingerprint density at radius 3 is 2.59 bits per heavy atom. The molecule has 8 heteroatoms. The second-order valence-corrected chi connectivity index (χ2v) is 9.77. The molecule has 2 aliphatic rings. The zero-order valence-corrected chi connectivity index (χ0v) is 20.7. The van der Waals surface area contributed by atoms with Gasteiger partial charge in [-0.15, -0.1) is 0 Å². The van der Waals surface area contributed by atoms with Crippen molar-refractivity contribution in [3.63, 3.8) is 0 Å². The molecule has 0 bridgehead atoms. The quantitative estimate of drug-likeness (QED) is 0.641. The Morgan fingerprint density at radius 2 is 1.94 bits per heavy atom. The summed E-state index contributed by atoms with van der Waals surface area (Å²) in [6, 6.07) is 5.70. The SMILES string of the molecule is CCCCN1C(=O)c2c(NC(C)=O)c3cc(OC)ccc3n2C[C@@]1(C)C(=O)NC1CCCCC1. The van der Waals surface area contributed by atoms with Crippen LogP contribution in [0.15, 0.2) is 18.2 Å². The number of nitrogens with zero attached hydrogens (tertiary/aromatic N) is 2. The number of hydrogen-bond acceptors (Lipinski definition) is 4. The number of nitrogens with one attached hydrogen (secondary N) is 2. The van der Waals surface area contributed by atoms with Gasteiger partial charge in [-0.25, -0.2) is 0 Å². The standard InChI is InChI=1S/C26H36N4O4/c1-5-6-14-30-24(32)23-22(27-17(2)31)20-15-19(34-4)12-13-21(20)29(23)16-26(30,3)25(33)28-18-10-8-7-9-11-18/h12-13,15,18H,5-11,14,16H2,1-4H3,(H,27,31)(H,28,33)/t26-/m0/s1. The van der Waals surface area contributed by atoms with Crippen molar-refractivity contribution >= 4 is 34.3 Å². The molecule has 0 saturated heterocycles. The molecular weight excluding hydrogens is 432 g/mol. The average Bonchev–Trinajstić information content (AvgIpc) is 3.11. The summed E-state index contributed by atoms with van der Waals surface area (Å²) >= 11 is 0. The highest BCUT2D eigenvalue weighted by molar-refractivity contribution is 6.14.